The molecule has 0 spiro atoms. The molecule has 150 valence electrons. The third-order valence-corrected chi connectivity index (χ3v) is 4.20. The summed E-state index contributed by atoms with van der Waals surface area (Å²) in [5.74, 6) is 0.378. The number of carbonyl (C=O) groups excluding carboxylic acids is 2. The smallest absolute Gasteiger partial charge is 0.287 e. The fraction of sp³-hybridized carbons (Fsp3) is 0.273. The number of carbonyl (C=O) groups is 2. The highest BCUT2D eigenvalue weighted by Crippen LogP contribution is 2.16. The first kappa shape index (κ1) is 20.3. The van der Waals surface area contributed by atoms with Crippen LogP contribution in [0.15, 0.2) is 65.1 Å². The molecule has 0 saturated heterocycles. The molecule has 1 N–H and O–H groups in total. The number of amides is 1. The number of ketones is 1. The van der Waals surface area contributed by atoms with Crippen molar-refractivity contribution in [2.75, 3.05) is 6.61 Å². The van der Waals surface area contributed by atoms with Crippen LogP contribution < -0.4 is 10.1 Å². The molecule has 29 heavy (non-hydrogen) atoms. The molecule has 0 bridgehead atoms. The standard InChI is InChI=1S/C22H23N3O4/c26-19(14-8-3-9-15-28-18-12-6-2-7-13-18)21(27)23-16-20-24-25-22(29-20)17-10-4-1-5-11-17/h1-2,4-7,10-13H,3,8-9,14-16H2,(H,23,27). The van der Waals surface area contributed by atoms with Gasteiger partial charge in [-0.05, 0) is 43.5 Å². The lowest BCUT2D eigenvalue weighted by Crippen LogP contribution is -2.30. The number of ether oxygens (including phenoxy) is 1. The molecule has 3 aromatic rings. The highest BCUT2D eigenvalue weighted by Gasteiger charge is 2.15. The van der Waals surface area contributed by atoms with Crippen molar-refractivity contribution >= 4 is 11.7 Å². The number of nitrogens with zero attached hydrogens (tertiary/aromatic N) is 2. The number of para-hydroxylation sites is 1. The largest absolute Gasteiger partial charge is 0.494 e. The number of nitrogens with one attached hydrogen (secondary N) is 1. The first-order valence-corrected chi connectivity index (χ1v) is 9.59. The lowest BCUT2D eigenvalue weighted by atomic mass is 10.1. The van der Waals surface area contributed by atoms with Gasteiger partial charge in [-0.3, -0.25) is 9.59 Å². The lowest BCUT2D eigenvalue weighted by molar-refractivity contribution is -0.138. The molecule has 3 rings (SSSR count). The summed E-state index contributed by atoms with van der Waals surface area (Å²) < 4.78 is 11.1. The second-order valence-corrected chi connectivity index (χ2v) is 6.45. The van der Waals surface area contributed by atoms with E-state index in [9.17, 15) is 9.59 Å². The average Bonchev–Trinajstić information content (AvgIpc) is 3.25. The zero-order valence-electron chi connectivity index (χ0n) is 16.0. The van der Waals surface area contributed by atoms with Crippen LogP contribution in [0, 0.1) is 0 Å². The number of rotatable bonds is 11. The maximum absolute atomic E-state index is 11.9. The van der Waals surface area contributed by atoms with Gasteiger partial charge in [0.2, 0.25) is 17.6 Å². The molecule has 1 heterocycles. The Bertz CT molecular complexity index is 910. The van der Waals surface area contributed by atoms with Crippen LogP contribution in [0.3, 0.4) is 0 Å². The van der Waals surface area contributed by atoms with E-state index in [0.717, 1.165) is 24.2 Å². The van der Waals surface area contributed by atoms with Crippen molar-refractivity contribution in [3.8, 4) is 17.2 Å². The Labute approximate surface area is 169 Å². The van der Waals surface area contributed by atoms with Crippen LogP contribution >= 0.6 is 0 Å². The molecular weight excluding hydrogens is 370 g/mol. The summed E-state index contributed by atoms with van der Waals surface area (Å²) in [6.45, 7) is 0.612. The van der Waals surface area contributed by atoms with Gasteiger partial charge < -0.3 is 14.5 Å². The van der Waals surface area contributed by atoms with Crippen LogP contribution in [0.2, 0.25) is 0 Å². The highest BCUT2D eigenvalue weighted by atomic mass is 16.5. The second-order valence-electron chi connectivity index (χ2n) is 6.45. The van der Waals surface area contributed by atoms with Gasteiger partial charge in [0, 0.05) is 12.0 Å². The third-order valence-electron chi connectivity index (χ3n) is 4.20. The minimum Gasteiger partial charge on any atom is -0.494 e. The zero-order chi connectivity index (χ0) is 20.3. The molecule has 0 aliphatic rings. The van der Waals surface area contributed by atoms with E-state index in [1.807, 2.05) is 60.7 Å². The number of Topliss-reactive ketones (excluding diaryl/α,β-unsaturated/α-hetero) is 1. The molecule has 7 nitrogen and oxygen atoms in total. The van der Waals surface area contributed by atoms with Crippen molar-refractivity contribution in [3.63, 3.8) is 0 Å². The molecule has 1 amide bonds. The van der Waals surface area contributed by atoms with Crippen molar-refractivity contribution < 1.29 is 18.7 Å². The van der Waals surface area contributed by atoms with E-state index in [-0.39, 0.29) is 18.9 Å². The topological polar surface area (TPSA) is 94.3 Å². The summed E-state index contributed by atoms with van der Waals surface area (Å²) in [5, 5.41) is 10.4. The van der Waals surface area contributed by atoms with Gasteiger partial charge in [-0.2, -0.15) is 0 Å². The summed E-state index contributed by atoms with van der Waals surface area (Å²) in [6.07, 6.45) is 2.49. The average molecular weight is 393 g/mol. The predicted molar refractivity (Wildman–Crippen MR) is 107 cm³/mol. The molecular formula is C22H23N3O4. The predicted octanol–water partition coefficient (Wildman–Crippen LogP) is 3.56. The van der Waals surface area contributed by atoms with Gasteiger partial charge in [0.15, 0.2) is 0 Å². The van der Waals surface area contributed by atoms with Gasteiger partial charge in [0.05, 0.1) is 13.2 Å². The van der Waals surface area contributed by atoms with Crippen LogP contribution in [0.25, 0.3) is 11.5 Å². The SMILES string of the molecule is O=C(CCCCCOc1ccccc1)C(=O)NCc1nnc(-c2ccccc2)o1. The van der Waals surface area contributed by atoms with Gasteiger partial charge in [-0.1, -0.05) is 36.4 Å². The van der Waals surface area contributed by atoms with E-state index in [1.54, 1.807) is 0 Å². The van der Waals surface area contributed by atoms with Crippen LogP contribution in [-0.2, 0) is 16.1 Å². The van der Waals surface area contributed by atoms with Crippen molar-refractivity contribution in [1.82, 2.24) is 15.5 Å². The molecule has 7 heteroatoms. The van der Waals surface area contributed by atoms with E-state index < -0.39 is 11.7 Å². The zero-order valence-corrected chi connectivity index (χ0v) is 16.0. The Morgan fingerprint density at radius 2 is 1.62 bits per heavy atom. The maximum Gasteiger partial charge on any atom is 0.287 e. The quantitative estimate of drug-likeness (QED) is 0.395. The fourth-order valence-corrected chi connectivity index (χ4v) is 2.66. The highest BCUT2D eigenvalue weighted by molar-refractivity contribution is 6.36. The fourth-order valence-electron chi connectivity index (χ4n) is 2.66. The van der Waals surface area contributed by atoms with Gasteiger partial charge in [-0.15, -0.1) is 10.2 Å². The van der Waals surface area contributed by atoms with Crippen molar-refractivity contribution in [3.05, 3.63) is 66.6 Å². The number of aromatic nitrogens is 2. The molecule has 0 unspecified atom stereocenters. The Morgan fingerprint density at radius 3 is 2.38 bits per heavy atom. The van der Waals surface area contributed by atoms with Crippen LogP contribution in [0.4, 0.5) is 0 Å². The first-order valence-electron chi connectivity index (χ1n) is 9.59. The minimum absolute atomic E-state index is 0.0231. The normalized spacial score (nSPS) is 10.5. The van der Waals surface area contributed by atoms with Crippen molar-refractivity contribution in [2.24, 2.45) is 0 Å². The van der Waals surface area contributed by atoms with Crippen LogP contribution in [-0.4, -0.2) is 28.5 Å². The summed E-state index contributed by atoms with van der Waals surface area (Å²) in [5.41, 5.74) is 0.796. The Hall–Kier alpha value is -3.48. The Morgan fingerprint density at radius 1 is 0.897 bits per heavy atom. The van der Waals surface area contributed by atoms with Gasteiger partial charge in [0.25, 0.3) is 5.91 Å². The van der Waals surface area contributed by atoms with E-state index >= 15 is 0 Å². The number of hydrogen-bond donors (Lipinski definition) is 1. The number of benzene rings is 2. The van der Waals surface area contributed by atoms with E-state index in [0.29, 0.717) is 18.9 Å². The van der Waals surface area contributed by atoms with E-state index in [1.165, 1.54) is 0 Å². The molecule has 0 radical (unpaired) electrons. The summed E-state index contributed by atoms with van der Waals surface area (Å²) in [7, 11) is 0. The van der Waals surface area contributed by atoms with E-state index in [2.05, 4.69) is 15.5 Å². The van der Waals surface area contributed by atoms with Crippen molar-refractivity contribution in [1.29, 1.82) is 0 Å². The lowest BCUT2D eigenvalue weighted by Gasteiger charge is -2.05. The Kier molecular flexibility index (Phi) is 7.51. The van der Waals surface area contributed by atoms with Crippen molar-refractivity contribution in [2.45, 2.75) is 32.2 Å². The summed E-state index contributed by atoms with van der Waals surface area (Å²) >= 11 is 0. The maximum atomic E-state index is 11.9. The van der Waals surface area contributed by atoms with Gasteiger partial charge in [0.1, 0.15) is 5.75 Å². The van der Waals surface area contributed by atoms with E-state index in [4.69, 9.17) is 9.15 Å². The first-order chi connectivity index (χ1) is 14.2. The van der Waals surface area contributed by atoms with Gasteiger partial charge in [-0.25, -0.2) is 0 Å². The minimum atomic E-state index is -0.634. The second kappa shape index (κ2) is 10.8. The molecule has 1 aromatic heterocycles. The summed E-state index contributed by atoms with van der Waals surface area (Å²) in [4.78, 5) is 23.9. The third kappa shape index (κ3) is 6.57. The molecule has 0 atom stereocenters. The number of hydrogen-bond acceptors (Lipinski definition) is 6. The van der Waals surface area contributed by atoms with Crippen LogP contribution in [0.5, 0.6) is 5.75 Å². The van der Waals surface area contributed by atoms with Gasteiger partial charge >= 0.3 is 0 Å². The monoisotopic (exact) mass is 393 g/mol. The Balaban J connectivity index is 1.30. The molecule has 0 aliphatic carbocycles. The molecule has 0 fully saturated rings. The summed E-state index contributed by atoms with van der Waals surface area (Å²) in [6, 6.07) is 18.9. The van der Waals surface area contributed by atoms with Crippen LogP contribution in [0.1, 0.15) is 31.6 Å². The molecule has 0 aliphatic heterocycles. The molecule has 0 saturated carbocycles. The number of unbranched alkanes of at least 4 members (excludes halogenated alkanes) is 2. The molecule has 2 aromatic carbocycles.